The first kappa shape index (κ1) is 34.8. The van der Waals surface area contributed by atoms with E-state index in [2.05, 4.69) is 34.4 Å². The molecule has 1 aromatic rings. The summed E-state index contributed by atoms with van der Waals surface area (Å²) in [6.45, 7) is 15.0. The highest BCUT2D eigenvalue weighted by Gasteiger charge is 2.77. The number of nitrogens with one attached hydrogen (secondary N) is 1. The maximum absolute atomic E-state index is 14.5. The van der Waals surface area contributed by atoms with E-state index in [1.807, 2.05) is 58.0 Å². The molecule has 246 valence electrons. The van der Waals surface area contributed by atoms with Crippen molar-refractivity contribution < 1.29 is 33.8 Å². The summed E-state index contributed by atoms with van der Waals surface area (Å²) in [7, 11) is 0. The number of benzene rings is 1. The molecule has 1 unspecified atom stereocenters. The van der Waals surface area contributed by atoms with E-state index in [9.17, 15) is 24.3 Å². The molecule has 3 saturated heterocycles. The molecular weight excluding hydrogens is 642 g/mol. The van der Waals surface area contributed by atoms with Crippen LogP contribution in [0.25, 0.3) is 0 Å². The van der Waals surface area contributed by atoms with Crippen LogP contribution in [0.15, 0.2) is 55.6 Å². The van der Waals surface area contributed by atoms with Crippen molar-refractivity contribution >= 4 is 39.6 Å². The van der Waals surface area contributed by atoms with Gasteiger partial charge in [0.25, 0.3) is 0 Å². The van der Waals surface area contributed by atoms with E-state index in [-0.39, 0.29) is 42.8 Å². The molecule has 0 saturated carbocycles. The number of aliphatic hydroxyl groups excluding tert-OH is 1. The molecule has 0 radical (unpaired) electrons. The lowest BCUT2D eigenvalue weighted by atomic mass is 9.70. The lowest BCUT2D eigenvalue weighted by molar-refractivity contribution is -0.161. The third-order valence-electron chi connectivity index (χ3n) is 9.19. The summed E-state index contributed by atoms with van der Waals surface area (Å²) in [5, 5.41) is 13.2. The second-order valence-corrected chi connectivity index (χ2v) is 14.2. The number of rotatable bonds is 14. The molecule has 3 heterocycles. The monoisotopic (exact) mass is 687 g/mol. The van der Waals surface area contributed by atoms with Gasteiger partial charge in [-0.2, -0.15) is 0 Å². The van der Waals surface area contributed by atoms with E-state index in [0.717, 1.165) is 0 Å². The van der Waals surface area contributed by atoms with Crippen molar-refractivity contribution in [2.75, 3.05) is 19.7 Å². The molecular formula is C34H46BrN3O7. The highest BCUT2D eigenvalue weighted by atomic mass is 79.9. The van der Waals surface area contributed by atoms with Crippen molar-refractivity contribution in [1.29, 1.82) is 0 Å². The minimum absolute atomic E-state index is 0.0449. The van der Waals surface area contributed by atoms with E-state index < -0.39 is 59.1 Å². The van der Waals surface area contributed by atoms with E-state index in [4.69, 9.17) is 9.47 Å². The molecule has 0 aliphatic carbocycles. The van der Waals surface area contributed by atoms with Crippen LogP contribution in [0.4, 0.5) is 0 Å². The van der Waals surface area contributed by atoms with Gasteiger partial charge in [0.15, 0.2) is 0 Å². The van der Waals surface area contributed by atoms with Crippen LogP contribution in [0.1, 0.15) is 65.0 Å². The second-order valence-electron chi connectivity index (χ2n) is 13.0. The molecule has 3 aliphatic heterocycles. The van der Waals surface area contributed by atoms with Crippen molar-refractivity contribution in [2.45, 2.75) is 93.6 Å². The van der Waals surface area contributed by atoms with Gasteiger partial charge in [-0.15, -0.1) is 13.2 Å². The third-order valence-corrected chi connectivity index (χ3v) is 10.0. The van der Waals surface area contributed by atoms with Gasteiger partial charge in [0.05, 0.1) is 37.1 Å². The van der Waals surface area contributed by atoms with Gasteiger partial charge in [-0.05, 0) is 45.6 Å². The Labute approximate surface area is 274 Å². The van der Waals surface area contributed by atoms with Crippen LogP contribution in [-0.2, 0) is 28.7 Å². The number of likely N-dealkylation sites (tertiary alicyclic amines) is 1. The Morgan fingerprint density at radius 2 is 1.93 bits per heavy atom. The quantitative estimate of drug-likeness (QED) is 0.174. The Balaban J connectivity index is 1.71. The summed E-state index contributed by atoms with van der Waals surface area (Å²) < 4.78 is 12.7. The number of ether oxygens (including phenoxy) is 2. The van der Waals surface area contributed by atoms with Crippen molar-refractivity contribution in [3.8, 4) is 0 Å². The van der Waals surface area contributed by atoms with Crippen LogP contribution in [0, 0.1) is 11.8 Å². The topological polar surface area (TPSA) is 125 Å². The summed E-state index contributed by atoms with van der Waals surface area (Å²) in [5.41, 5.74) is -1.21. The van der Waals surface area contributed by atoms with Gasteiger partial charge in [-0.25, -0.2) is 0 Å². The molecule has 1 aromatic carbocycles. The Morgan fingerprint density at radius 1 is 1.24 bits per heavy atom. The highest BCUT2D eigenvalue weighted by molar-refractivity contribution is 9.09. The SMILES string of the molecule is C=CCCC(=O)NC[C@H](OC(=O)[C@@H]1[C@H]2O[C@@]3(CC2Br)[C@H](C(=O)N(CC=C)C(C)(C)C)N([C@@H](CC)CO)C(=O)[C@@H]13)c1ccccc1. The smallest absolute Gasteiger partial charge is 0.313 e. The Hall–Kier alpha value is -3.02. The first-order chi connectivity index (χ1) is 21.4. The standard InChI is InChI=1S/C34H46BrN3O7/c1-7-10-16-25(40)36-19-24(21-14-12-11-13-15-21)44-32(43)26-27-30(41)38(22(9-3)20-39)29(34(27)18-23(35)28(26)45-34)31(42)37(17-8-2)33(4,5)6/h7-8,11-15,22-24,26-29,39H,1-2,9-10,16-20H2,3-6H3,(H,36,40)/t22-,23?,24-,26-,27+,28-,29-,34+/m0/s1. The van der Waals surface area contributed by atoms with Crippen molar-refractivity contribution in [3.63, 3.8) is 0 Å². The summed E-state index contributed by atoms with van der Waals surface area (Å²) >= 11 is 3.70. The lowest BCUT2D eigenvalue weighted by Gasteiger charge is -2.43. The van der Waals surface area contributed by atoms with Gasteiger partial charge >= 0.3 is 5.97 Å². The van der Waals surface area contributed by atoms with Gasteiger partial charge in [0, 0.05) is 23.3 Å². The number of alkyl halides is 1. The maximum Gasteiger partial charge on any atom is 0.313 e. The van der Waals surface area contributed by atoms with Crippen LogP contribution in [0.5, 0.6) is 0 Å². The minimum Gasteiger partial charge on any atom is -0.455 e. The van der Waals surface area contributed by atoms with Crippen molar-refractivity contribution in [1.82, 2.24) is 15.1 Å². The molecule has 11 heteroatoms. The Kier molecular flexibility index (Phi) is 11.0. The average molecular weight is 689 g/mol. The predicted octanol–water partition coefficient (Wildman–Crippen LogP) is 3.69. The summed E-state index contributed by atoms with van der Waals surface area (Å²) in [5.74, 6) is -3.54. The first-order valence-corrected chi connectivity index (χ1v) is 16.6. The number of amides is 3. The van der Waals surface area contributed by atoms with Crippen LogP contribution < -0.4 is 5.32 Å². The van der Waals surface area contributed by atoms with Gasteiger partial charge < -0.3 is 29.7 Å². The Bertz CT molecular complexity index is 1280. The van der Waals surface area contributed by atoms with E-state index in [0.29, 0.717) is 24.8 Å². The number of carbonyl (C=O) groups excluding carboxylic acids is 4. The molecule has 2 N–H and O–H groups in total. The normalized spacial score (nSPS) is 28.3. The van der Waals surface area contributed by atoms with E-state index >= 15 is 0 Å². The number of fused-ring (bicyclic) bond motifs is 1. The van der Waals surface area contributed by atoms with Crippen molar-refractivity contribution in [3.05, 3.63) is 61.2 Å². The number of hydrogen-bond acceptors (Lipinski definition) is 7. The summed E-state index contributed by atoms with van der Waals surface area (Å²) in [6.07, 6.45) is 3.29. The van der Waals surface area contributed by atoms with Gasteiger partial charge in [-0.3, -0.25) is 19.2 Å². The van der Waals surface area contributed by atoms with Crippen molar-refractivity contribution in [2.24, 2.45) is 11.8 Å². The fourth-order valence-corrected chi connectivity index (χ4v) is 7.98. The van der Waals surface area contributed by atoms with Gasteiger partial charge in [0.1, 0.15) is 17.7 Å². The maximum atomic E-state index is 14.5. The zero-order valence-corrected chi connectivity index (χ0v) is 28.2. The summed E-state index contributed by atoms with van der Waals surface area (Å²) in [4.78, 5) is 58.3. The number of nitrogens with zero attached hydrogens (tertiary/aromatic N) is 2. The molecule has 4 rings (SSSR count). The molecule has 0 aromatic heterocycles. The molecule has 3 aliphatic rings. The molecule has 2 bridgehead atoms. The fraction of sp³-hybridized carbons (Fsp3) is 0.588. The minimum atomic E-state index is -1.30. The number of esters is 1. The highest BCUT2D eigenvalue weighted by Crippen LogP contribution is 2.61. The van der Waals surface area contributed by atoms with Crippen LogP contribution in [0.3, 0.4) is 0 Å². The lowest BCUT2D eigenvalue weighted by Crippen LogP contribution is -2.61. The number of halogens is 1. The zero-order valence-electron chi connectivity index (χ0n) is 26.6. The average Bonchev–Trinajstić information content (AvgIpc) is 3.60. The molecule has 8 atom stereocenters. The fourth-order valence-electron chi connectivity index (χ4n) is 7.04. The molecule has 45 heavy (non-hydrogen) atoms. The molecule has 1 spiro atoms. The first-order valence-electron chi connectivity index (χ1n) is 15.7. The zero-order chi connectivity index (χ0) is 33.1. The largest absolute Gasteiger partial charge is 0.455 e. The number of hydrogen-bond donors (Lipinski definition) is 2. The van der Waals surface area contributed by atoms with Gasteiger partial charge in [-0.1, -0.05) is 65.3 Å². The Morgan fingerprint density at radius 3 is 2.51 bits per heavy atom. The number of carbonyl (C=O) groups is 4. The summed E-state index contributed by atoms with van der Waals surface area (Å²) in [6, 6.07) is 7.40. The second kappa shape index (κ2) is 14.2. The number of aliphatic hydroxyl groups is 1. The van der Waals surface area contributed by atoms with Gasteiger partial charge in [0.2, 0.25) is 17.7 Å². The van der Waals surface area contributed by atoms with E-state index in [1.54, 1.807) is 17.1 Å². The molecule has 10 nitrogen and oxygen atoms in total. The third kappa shape index (κ3) is 6.62. The molecule has 3 amide bonds. The van der Waals surface area contributed by atoms with Crippen LogP contribution >= 0.6 is 15.9 Å². The van der Waals surface area contributed by atoms with E-state index in [1.165, 1.54) is 4.90 Å². The van der Waals surface area contributed by atoms with Crippen LogP contribution in [0.2, 0.25) is 0 Å². The predicted molar refractivity (Wildman–Crippen MR) is 173 cm³/mol. The number of allylic oxidation sites excluding steroid dienone is 1. The molecule has 3 fully saturated rings. The van der Waals surface area contributed by atoms with Crippen LogP contribution in [-0.4, -0.2) is 92.4 Å².